The molecule has 2 rings (SSSR count). The van der Waals surface area contributed by atoms with Crippen molar-refractivity contribution < 1.29 is 13.6 Å². The van der Waals surface area contributed by atoms with Crippen molar-refractivity contribution in [3.8, 4) is 0 Å². The first-order valence-corrected chi connectivity index (χ1v) is 6.48. The van der Waals surface area contributed by atoms with Crippen LogP contribution >= 0.6 is 0 Å². The molecule has 0 aliphatic carbocycles. The quantitative estimate of drug-likeness (QED) is 0.907. The molecule has 110 valence electrons. The first kappa shape index (κ1) is 15.0. The maximum atomic E-state index is 13.7. The second kappa shape index (κ2) is 5.91. The predicted octanol–water partition coefficient (Wildman–Crippen LogP) is 3.29. The van der Waals surface area contributed by atoms with Gasteiger partial charge in [0.15, 0.2) is 0 Å². The van der Waals surface area contributed by atoms with Crippen LogP contribution in [0.2, 0.25) is 0 Å². The highest BCUT2D eigenvalue weighted by Gasteiger charge is 2.14. The average molecular weight is 290 g/mol. The van der Waals surface area contributed by atoms with E-state index in [1.54, 1.807) is 0 Å². The summed E-state index contributed by atoms with van der Waals surface area (Å²) in [6, 6.07) is 7.58. The van der Waals surface area contributed by atoms with Gasteiger partial charge in [-0.3, -0.25) is 4.79 Å². The summed E-state index contributed by atoms with van der Waals surface area (Å²) in [7, 11) is 0. The summed E-state index contributed by atoms with van der Waals surface area (Å²) in [6.45, 7) is 4.33. The molecule has 0 heterocycles. The molecular weight excluding hydrogens is 274 g/mol. The van der Waals surface area contributed by atoms with Gasteiger partial charge < -0.3 is 11.1 Å². The van der Waals surface area contributed by atoms with Crippen molar-refractivity contribution in [2.75, 3.05) is 5.32 Å². The highest BCUT2D eigenvalue weighted by atomic mass is 19.1. The molecule has 21 heavy (non-hydrogen) atoms. The zero-order valence-corrected chi connectivity index (χ0v) is 11.8. The number of aryl methyl sites for hydroxylation is 1. The third-order valence-corrected chi connectivity index (χ3v) is 3.51. The molecule has 1 amide bonds. The van der Waals surface area contributed by atoms with Gasteiger partial charge in [-0.15, -0.1) is 0 Å². The standard InChI is InChI=1S/C16H16F2N2O/c1-9-4-3-5-11(10(9)2)8-20-15-6-12(16(19)21)13(17)7-14(15)18/h3-7,20H,8H2,1-2H3,(H2,19,21). The Labute approximate surface area is 121 Å². The Morgan fingerprint density at radius 1 is 1.19 bits per heavy atom. The van der Waals surface area contributed by atoms with Gasteiger partial charge in [-0.25, -0.2) is 8.78 Å². The molecule has 0 saturated carbocycles. The van der Waals surface area contributed by atoms with Gasteiger partial charge >= 0.3 is 0 Å². The molecule has 0 aliphatic heterocycles. The van der Waals surface area contributed by atoms with E-state index in [9.17, 15) is 13.6 Å². The lowest BCUT2D eigenvalue weighted by Gasteiger charge is -2.12. The monoisotopic (exact) mass is 290 g/mol. The number of amides is 1. The van der Waals surface area contributed by atoms with Crippen molar-refractivity contribution in [1.82, 2.24) is 0 Å². The number of anilines is 1. The van der Waals surface area contributed by atoms with Gasteiger partial charge in [0.2, 0.25) is 0 Å². The predicted molar refractivity (Wildman–Crippen MR) is 78.1 cm³/mol. The van der Waals surface area contributed by atoms with Crippen LogP contribution in [0.1, 0.15) is 27.0 Å². The van der Waals surface area contributed by atoms with E-state index in [1.807, 2.05) is 32.0 Å². The summed E-state index contributed by atoms with van der Waals surface area (Å²) in [5, 5.41) is 2.87. The van der Waals surface area contributed by atoms with E-state index >= 15 is 0 Å². The van der Waals surface area contributed by atoms with Crippen LogP contribution in [0.25, 0.3) is 0 Å². The lowest BCUT2D eigenvalue weighted by molar-refractivity contribution is 0.0996. The lowest BCUT2D eigenvalue weighted by atomic mass is 10.0. The van der Waals surface area contributed by atoms with E-state index in [-0.39, 0.29) is 11.3 Å². The van der Waals surface area contributed by atoms with Crippen molar-refractivity contribution >= 4 is 11.6 Å². The minimum absolute atomic E-state index is 0.0473. The van der Waals surface area contributed by atoms with Crippen molar-refractivity contribution in [3.63, 3.8) is 0 Å². The van der Waals surface area contributed by atoms with Gasteiger partial charge in [-0.05, 0) is 36.6 Å². The molecule has 2 aromatic carbocycles. The molecule has 0 aromatic heterocycles. The molecule has 3 nitrogen and oxygen atoms in total. The number of nitrogens with two attached hydrogens (primary N) is 1. The zero-order chi connectivity index (χ0) is 15.6. The van der Waals surface area contributed by atoms with Gasteiger partial charge in [0, 0.05) is 12.6 Å². The molecule has 0 aliphatic rings. The topological polar surface area (TPSA) is 55.1 Å². The van der Waals surface area contributed by atoms with Gasteiger partial charge in [-0.2, -0.15) is 0 Å². The van der Waals surface area contributed by atoms with E-state index < -0.39 is 17.5 Å². The van der Waals surface area contributed by atoms with Crippen LogP contribution in [0.15, 0.2) is 30.3 Å². The minimum atomic E-state index is -0.961. The summed E-state index contributed by atoms with van der Waals surface area (Å²) in [5.41, 5.74) is 8.00. The van der Waals surface area contributed by atoms with Gasteiger partial charge in [0.25, 0.3) is 5.91 Å². The van der Waals surface area contributed by atoms with Gasteiger partial charge in [0.1, 0.15) is 11.6 Å². The number of hydrogen-bond donors (Lipinski definition) is 2. The van der Waals surface area contributed by atoms with Crippen LogP contribution in [-0.4, -0.2) is 5.91 Å². The molecule has 0 saturated heterocycles. The SMILES string of the molecule is Cc1cccc(CNc2cc(C(N)=O)c(F)cc2F)c1C. The van der Waals surface area contributed by atoms with Crippen molar-refractivity contribution in [3.05, 3.63) is 64.2 Å². The van der Waals surface area contributed by atoms with Crippen molar-refractivity contribution in [2.24, 2.45) is 5.73 Å². The lowest BCUT2D eigenvalue weighted by Crippen LogP contribution is -2.14. The smallest absolute Gasteiger partial charge is 0.251 e. The molecule has 0 fully saturated rings. The van der Waals surface area contributed by atoms with Crippen molar-refractivity contribution in [1.29, 1.82) is 0 Å². The number of nitrogens with one attached hydrogen (secondary N) is 1. The van der Waals surface area contributed by atoms with Crippen LogP contribution in [0.4, 0.5) is 14.5 Å². The molecule has 0 radical (unpaired) electrons. The summed E-state index contributed by atoms with van der Waals surface area (Å²) in [5.74, 6) is -2.65. The number of hydrogen-bond acceptors (Lipinski definition) is 2. The molecule has 3 N–H and O–H groups in total. The Balaban J connectivity index is 2.26. The fourth-order valence-electron chi connectivity index (χ4n) is 2.07. The highest BCUT2D eigenvalue weighted by molar-refractivity contribution is 5.94. The third kappa shape index (κ3) is 3.18. The van der Waals surface area contributed by atoms with Crippen LogP contribution < -0.4 is 11.1 Å². The van der Waals surface area contributed by atoms with E-state index in [2.05, 4.69) is 5.32 Å². The van der Waals surface area contributed by atoms with E-state index in [4.69, 9.17) is 5.73 Å². The van der Waals surface area contributed by atoms with Gasteiger partial charge in [0.05, 0.1) is 11.3 Å². The fourth-order valence-corrected chi connectivity index (χ4v) is 2.07. The Bertz CT molecular complexity index is 699. The van der Waals surface area contributed by atoms with Gasteiger partial charge in [-0.1, -0.05) is 18.2 Å². The zero-order valence-electron chi connectivity index (χ0n) is 11.8. The number of rotatable bonds is 4. The van der Waals surface area contributed by atoms with E-state index in [1.165, 1.54) is 0 Å². The Morgan fingerprint density at radius 3 is 2.57 bits per heavy atom. The van der Waals surface area contributed by atoms with Crippen molar-refractivity contribution in [2.45, 2.75) is 20.4 Å². The largest absolute Gasteiger partial charge is 0.379 e. The number of carbonyl (C=O) groups is 1. The second-order valence-corrected chi connectivity index (χ2v) is 4.89. The highest BCUT2D eigenvalue weighted by Crippen LogP contribution is 2.21. The Kier molecular flexibility index (Phi) is 4.21. The molecule has 5 heteroatoms. The molecular formula is C16H16F2N2O. The maximum Gasteiger partial charge on any atom is 0.251 e. The molecule has 0 unspecified atom stereocenters. The van der Waals surface area contributed by atoms with Crippen LogP contribution in [-0.2, 0) is 6.54 Å². The molecule has 0 bridgehead atoms. The summed E-state index contributed by atoms with van der Waals surface area (Å²) >= 11 is 0. The Hall–Kier alpha value is -2.43. The fraction of sp³-hybridized carbons (Fsp3) is 0.188. The third-order valence-electron chi connectivity index (χ3n) is 3.51. The van der Waals surface area contributed by atoms with Crippen LogP contribution in [0.5, 0.6) is 0 Å². The van der Waals surface area contributed by atoms with Crippen LogP contribution in [0, 0.1) is 25.5 Å². The number of halogens is 2. The normalized spacial score (nSPS) is 10.5. The molecule has 0 spiro atoms. The van der Waals surface area contributed by atoms with Crippen LogP contribution in [0.3, 0.4) is 0 Å². The average Bonchev–Trinajstić information content (AvgIpc) is 2.41. The minimum Gasteiger partial charge on any atom is -0.379 e. The molecule has 0 atom stereocenters. The first-order valence-electron chi connectivity index (χ1n) is 6.48. The number of benzene rings is 2. The maximum absolute atomic E-state index is 13.7. The number of primary amides is 1. The molecule has 2 aromatic rings. The first-order chi connectivity index (χ1) is 9.90. The summed E-state index contributed by atoms with van der Waals surface area (Å²) in [6.07, 6.45) is 0. The van der Waals surface area contributed by atoms with E-state index in [0.717, 1.165) is 22.8 Å². The summed E-state index contributed by atoms with van der Waals surface area (Å²) < 4.78 is 27.1. The Morgan fingerprint density at radius 2 is 1.90 bits per heavy atom. The number of carbonyl (C=O) groups excluding carboxylic acids is 1. The van der Waals surface area contributed by atoms with E-state index in [0.29, 0.717) is 12.6 Å². The summed E-state index contributed by atoms with van der Waals surface area (Å²) in [4.78, 5) is 11.1. The second-order valence-electron chi connectivity index (χ2n) is 4.89.